The Balaban J connectivity index is 1.71. The van der Waals surface area contributed by atoms with Crippen LogP contribution in [0.1, 0.15) is 53.8 Å². The number of halogens is 1. The van der Waals surface area contributed by atoms with E-state index in [1.54, 1.807) is 6.20 Å². The van der Waals surface area contributed by atoms with Crippen molar-refractivity contribution in [2.24, 2.45) is 0 Å². The van der Waals surface area contributed by atoms with Crippen LogP contribution in [0.15, 0.2) is 18.5 Å². The number of likely N-dealkylation sites (tertiary alicyclic amines) is 1. The van der Waals surface area contributed by atoms with Crippen molar-refractivity contribution in [3.63, 3.8) is 0 Å². The summed E-state index contributed by atoms with van der Waals surface area (Å²) < 4.78 is 14.2. The highest BCUT2D eigenvalue weighted by Crippen LogP contribution is 2.28. The van der Waals surface area contributed by atoms with E-state index in [1.807, 2.05) is 18.7 Å². The highest BCUT2D eigenvalue weighted by atomic mass is 32.1. The number of thiazole rings is 1. The topological polar surface area (TPSA) is 83.9 Å². The molecule has 1 saturated heterocycles. The van der Waals surface area contributed by atoms with Gasteiger partial charge >= 0.3 is 0 Å². The maximum atomic E-state index is 13.5. The number of hydrogen-bond acceptors (Lipinski definition) is 7. The van der Waals surface area contributed by atoms with E-state index >= 15 is 0 Å². The van der Waals surface area contributed by atoms with Gasteiger partial charge in [-0.2, -0.15) is 4.98 Å². The van der Waals surface area contributed by atoms with Crippen LogP contribution in [0.4, 0.5) is 10.3 Å². The lowest BCUT2D eigenvalue weighted by Crippen LogP contribution is -2.29. The summed E-state index contributed by atoms with van der Waals surface area (Å²) in [5.74, 6) is -0.182. The SMILES string of the molecule is CCc1nc2nc(NC(C)c3cncc(F)c3)nc(C(=O)N3CCCC3)c2s1. The van der Waals surface area contributed by atoms with Gasteiger partial charge < -0.3 is 10.2 Å². The fourth-order valence-corrected chi connectivity index (χ4v) is 4.16. The van der Waals surface area contributed by atoms with Crippen LogP contribution in [0, 0.1) is 5.82 Å². The number of nitrogens with one attached hydrogen (secondary N) is 1. The Hall–Kier alpha value is -2.68. The zero-order chi connectivity index (χ0) is 19.7. The second-order valence-corrected chi connectivity index (χ2v) is 7.90. The summed E-state index contributed by atoms with van der Waals surface area (Å²) in [6.45, 7) is 5.38. The van der Waals surface area contributed by atoms with E-state index in [1.165, 1.54) is 17.4 Å². The van der Waals surface area contributed by atoms with Gasteiger partial charge in [0.05, 0.1) is 17.2 Å². The number of fused-ring (bicyclic) bond motifs is 1. The van der Waals surface area contributed by atoms with E-state index < -0.39 is 5.82 Å². The Labute approximate surface area is 166 Å². The third-order valence-corrected chi connectivity index (χ3v) is 5.96. The minimum atomic E-state index is -0.403. The third kappa shape index (κ3) is 3.66. The van der Waals surface area contributed by atoms with Gasteiger partial charge in [-0.05, 0) is 37.8 Å². The molecule has 1 fully saturated rings. The van der Waals surface area contributed by atoms with E-state index in [-0.39, 0.29) is 11.9 Å². The standard InChI is InChI=1S/C19H21FN6OS/c1-3-14-23-17-16(28-14)15(18(27)26-6-4-5-7-26)24-19(25-17)22-11(2)12-8-13(20)10-21-9-12/h8-11H,3-7H2,1-2H3,(H,22,24,25). The maximum absolute atomic E-state index is 13.5. The van der Waals surface area contributed by atoms with Crippen LogP contribution >= 0.6 is 11.3 Å². The summed E-state index contributed by atoms with van der Waals surface area (Å²) in [4.78, 5) is 32.3. The van der Waals surface area contributed by atoms with Gasteiger partial charge in [-0.1, -0.05) is 6.92 Å². The smallest absolute Gasteiger partial charge is 0.274 e. The van der Waals surface area contributed by atoms with Crippen molar-refractivity contribution < 1.29 is 9.18 Å². The predicted molar refractivity (Wildman–Crippen MR) is 106 cm³/mol. The molecule has 0 aromatic carbocycles. The van der Waals surface area contributed by atoms with Crippen LogP contribution in [-0.2, 0) is 6.42 Å². The quantitative estimate of drug-likeness (QED) is 0.705. The zero-order valence-corrected chi connectivity index (χ0v) is 16.6. The molecule has 28 heavy (non-hydrogen) atoms. The lowest BCUT2D eigenvalue weighted by atomic mass is 10.1. The molecule has 0 bridgehead atoms. The van der Waals surface area contributed by atoms with Gasteiger partial charge in [-0.15, -0.1) is 11.3 Å². The molecule has 4 heterocycles. The molecule has 7 nitrogen and oxygen atoms in total. The van der Waals surface area contributed by atoms with Crippen molar-refractivity contribution in [3.05, 3.63) is 40.5 Å². The number of anilines is 1. The van der Waals surface area contributed by atoms with Crippen molar-refractivity contribution in [2.45, 2.75) is 39.2 Å². The molecule has 3 aromatic heterocycles. The second kappa shape index (κ2) is 7.75. The maximum Gasteiger partial charge on any atom is 0.274 e. The van der Waals surface area contributed by atoms with Crippen molar-refractivity contribution >= 4 is 33.5 Å². The van der Waals surface area contributed by atoms with Crippen molar-refractivity contribution in [2.75, 3.05) is 18.4 Å². The van der Waals surface area contributed by atoms with Gasteiger partial charge in [0.25, 0.3) is 5.91 Å². The first kappa shape index (κ1) is 18.7. The number of carbonyl (C=O) groups excluding carboxylic acids is 1. The molecule has 1 aliphatic rings. The number of aromatic nitrogens is 4. The Morgan fingerprint density at radius 1 is 1.29 bits per heavy atom. The second-order valence-electron chi connectivity index (χ2n) is 6.81. The van der Waals surface area contributed by atoms with Crippen molar-refractivity contribution in [1.82, 2.24) is 24.8 Å². The number of pyridine rings is 1. The molecule has 0 radical (unpaired) electrons. The lowest BCUT2D eigenvalue weighted by molar-refractivity contribution is 0.0789. The van der Waals surface area contributed by atoms with Gasteiger partial charge in [-0.3, -0.25) is 9.78 Å². The van der Waals surface area contributed by atoms with Crippen LogP contribution < -0.4 is 5.32 Å². The van der Waals surface area contributed by atoms with Crippen molar-refractivity contribution in [1.29, 1.82) is 0 Å². The monoisotopic (exact) mass is 400 g/mol. The molecule has 0 aliphatic carbocycles. The Bertz CT molecular complexity index is 1020. The zero-order valence-electron chi connectivity index (χ0n) is 15.8. The lowest BCUT2D eigenvalue weighted by Gasteiger charge is -2.17. The Kier molecular flexibility index (Phi) is 5.17. The van der Waals surface area contributed by atoms with Gasteiger partial charge in [0.15, 0.2) is 11.3 Å². The molecule has 0 saturated carbocycles. The molecule has 9 heteroatoms. The van der Waals surface area contributed by atoms with Gasteiger partial charge in [0.2, 0.25) is 5.95 Å². The number of nitrogens with zero attached hydrogens (tertiary/aromatic N) is 5. The Morgan fingerprint density at radius 3 is 2.79 bits per heavy atom. The summed E-state index contributed by atoms with van der Waals surface area (Å²) >= 11 is 1.47. The summed E-state index contributed by atoms with van der Waals surface area (Å²) in [7, 11) is 0. The highest BCUT2D eigenvalue weighted by molar-refractivity contribution is 7.18. The summed E-state index contributed by atoms with van der Waals surface area (Å²) in [5, 5.41) is 4.07. The van der Waals surface area contributed by atoms with E-state index in [0.717, 1.165) is 48.3 Å². The molecular formula is C19H21FN6OS. The number of aryl methyl sites for hydroxylation is 1. The van der Waals surface area contributed by atoms with E-state index in [9.17, 15) is 9.18 Å². The highest BCUT2D eigenvalue weighted by Gasteiger charge is 2.26. The van der Waals surface area contributed by atoms with Crippen LogP contribution in [-0.4, -0.2) is 43.8 Å². The summed E-state index contributed by atoms with van der Waals surface area (Å²) in [6, 6.07) is 1.14. The van der Waals surface area contributed by atoms with Gasteiger partial charge in [-0.25, -0.2) is 14.4 Å². The summed E-state index contributed by atoms with van der Waals surface area (Å²) in [6.07, 6.45) is 5.54. The molecule has 1 atom stereocenters. The molecule has 3 aromatic rings. The molecule has 1 N–H and O–H groups in total. The Morgan fingerprint density at radius 2 is 2.07 bits per heavy atom. The first-order chi connectivity index (χ1) is 13.5. The molecule has 1 aliphatic heterocycles. The van der Waals surface area contributed by atoms with Crippen LogP contribution in [0.5, 0.6) is 0 Å². The molecule has 1 unspecified atom stereocenters. The minimum absolute atomic E-state index is 0.0840. The van der Waals surface area contributed by atoms with E-state index in [2.05, 4.69) is 25.3 Å². The average Bonchev–Trinajstić information content (AvgIpc) is 3.36. The molecular weight excluding hydrogens is 379 g/mol. The van der Waals surface area contributed by atoms with Crippen molar-refractivity contribution in [3.8, 4) is 0 Å². The fraction of sp³-hybridized carbons (Fsp3) is 0.421. The number of rotatable bonds is 5. The first-order valence-corrected chi connectivity index (χ1v) is 10.2. The molecule has 0 spiro atoms. The largest absolute Gasteiger partial charge is 0.348 e. The van der Waals surface area contributed by atoms with E-state index in [0.29, 0.717) is 22.9 Å². The minimum Gasteiger partial charge on any atom is -0.348 e. The number of amides is 1. The molecule has 1 amide bonds. The van der Waals surface area contributed by atoms with Crippen LogP contribution in [0.3, 0.4) is 0 Å². The van der Waals surface area contributed by atoms with Crippen LogP contribution in [0.2, 0.25) is 0 Å². The third-order valence-electron chi connectivity index (χ3n) is 4.77. The molecule has 146 valence electrons. The predicted octanol–water partition coefficient (Wildman–Crippen LogP) is 3.59. The normalized spacial score (nSPS) is 15.2. The average molecular weight is 400 g/mol. The number of hydrogen-bond donors (Lipinski definition) is 1. The fourth-order valence-electron chi connectivity index (χ4n) is 3.24. The number of carbonyl (C=O) groups is 1. The summed E-state index contributed by atoms with van der Waals surface area (Å²) in [5.41, 5.74) is 1.58. The van der Waals surface area contributed by atoms with Gasteiger partial charge in [0.1, 0.15) is 10.5 Å². The van der Waals surface area contributed by atoms with Gasteiger partial charge in [0, 0.05) is 19.3 Å². The van der Waals surface area contributed by atoms with Crippen LogP contribution in [0.25, 0.3) is 10.3 Å². The first-order valence-electron chi connectivity index (χ1n) is 9.39. The van der Waals surface area contributed by atoms with E-state index in [4.69, 9.17) is 0 Å². The molecule has 4 rings (SSSR count).